The van der Waals surface area contributed by atoms with Crippen molar-refractivity contribution in [1.82, 2.24) is 9.55 Å². The van der Waals surface area contributed by atoms with E-state index < -0.39 is 0 Å². The third-order valence-corrected chi connectivity index (χ3v) is 5.57. The number of nitriles is 1. The summed E-state index contributed by atoms with van der Waals surface area (Å²) < 4.78 is 7.92. The number of hydrogen-bond acceptors (Lipinski definition) is 3. The SMILES string of the molecule is COc1cccc2c3ccccc3n(-c3cc(C#N)c(-c4ccncc4)cc3C)c12. The summed E-state index contributed by atoms with van der Waals surface area (Å²) in [5.41, 5.74) is 6.66. The first-order valence-corrected chi connectivity index (χ1v) is 9.74. The van der Waals surface area contributed by atoms with E-state index in [0.29, 0.717) is 5.56 Å². The lowest BCUT2D eigenvalue weighted by molar-refractivity contribution is 0.418. The van der Waals surface area contributed by atoms with Crippen molar-refractivity contribution in [3.05, 3.63) is 90.3 Å². The molecule has 0 aliphatic heterocycles. The highest BCUT2D eigenvalue weighted by Gasteiger charge is 2.18. The summed E-state index contributed by atoms with van der Waals surface area (Å²) in [4.78, 5) is 4.09. The molecule has 3 aromatic carbocycles. The van der Waals surface area contributed by atoms with E-state index in [1.807, 2.05) is 42.5 Å². The maximum atomic E-state index is 9.92. The molecule has 0 amide bonds. The number of benzene rings is 3. The first kappa shape index (κ1) is 18.0. The van der Waals surface area contributed by atoms with Crippen molar-refractivity contribution < 1.29 is 4.74 Å². The van der Waals surface area contributed by atoms with Gasteiger partial charge in [0.05, 0.1) is 35.5 Å². The molecular formula is C26H19N3O. The number of aryl methyl sites for hydroxylation is 1. The van der Waals surface area contributed by atoms with E-state index in [9.17, 15) is 5.26 Å². The number of para-hydroxylation sites is 2. The second-order valence-electron chi connectivity index (χ2n) is 7.24. The number of fused-ring (bicyclic) bond motifs is 3. The van der Waals surface area contributed by atoms with Gasteiger partial charge in [0.2, 0.25) is 0 Å². The first-order valence-electron chi connectivity index (χ1n) is 9.74. The predicted molar refractivity (Wildman–Crippen MR) is 120 cm³/mol. The normalized spacial score (nSPS) is 11.0. The Bertz CT molecular complexity index is 1440. The van der Waals surface area contributed by atoms with Crippen LogP contribution in [0, 0.1) is 18.3 Å². The first-order chi connectivity index (χ1) is 14.7. The predicted octanol–water partition coefficient (Wildman–Crippen LogP) is 6.03. The van der Waals surface area contributed by atoms with Gasteiger partial charge in [-0.15, -0.1) is 0 Å². The quantitative estimate of drug-likeness (QED) is 0.378. The van der Waals surface area contributed by atoms with E-state index >= 15 is 0 Å². The molecule has 4 heteroatoms. The Morgan fingerprint density at radius 2 is 1.70 bits per heavy atom. The molecule has 0 aliphatic rings. The van der Waals surface area contributed by atoms with E-state index in [1.165, 1.54) is 0 Å². The largest absolute Gasteiger partial charge is 0.495 e. The van der Waals surface area contributed by atoms with Crippen LogP contribution >= 0.6 is 0 Å². The number of pyridine rings is 1. The van der Waals surface area contributed by atoms with Gasteiger partial charge in [0.25, 0.3) is 0 Å². The topological polar surface area (TPSA) is 50.8 Å². The average molecular weight is 389 g/mol. The smallest absolute Gasteiger partial charge is 0.143 e. The van der Waals surface area contributed by atoms with Crippen LogP contribution in [0.4, 0.5) is 0 Å². The van der Waals surface area contributed by atoms with E-state index in [0.717, 1.165) is 49.9 Å². The Morgan fingerprint density at radius 1 is 0.933 bits per heavy atom. The van der Waals surface area contributed by atoms with Crippen molar-refractivity contribution in [2.24, 2.45) is 0 Å². The average Bonchev–Trinajstić information content (AvgIpc) is 3.14. The van der Waals surface area contributed by atoms with Crippen molar-refractivity contribution in [3.8, 4) is 28.6 Å². The van der Waals surface area contributed by atoms with Gasteiger partial charge in [-0.1, -0.05) is 30.3 Å². The number of methoxy groups -OCH3 is 1. The maximum Gasteiger partial charge on any atom is 0.143 e. The van der Waals surface area contributed by atoms with Gasteiger partial charge in [-0.3, -0.25) is 4.98 Å². The number of aromatic nitrogens is 2. The van der Waals surface area contributed by atoms with E-state index in [2.05, 4.69) is 46.8 Å². The lowest BCUT2D eigenvalue weighted by Gasteiger charge is -2.15. The Kier molecular flexibility index (Phi) is 4.22. The molecule has 0 radical (unpaired) electrons. The van der Waals surface area contributed by atoms with Gasteiger partial charge >= 0.3 is 0 Å². The molecule has 0 saturated heterocycles. The zero-order valence-electron chi connectivity index (χ0n) is 16.8. The van der Waals surface area contributed by atoms with Crippen LogP contribution in [-0.4, -0.2) is 16.7 Å². The van der Waals surface area contributed by atoms with Gasteiger partial charge in [-0.25, -0.2) is 0 Å². The lowest BCUT2D eigenvalue weighted by Crippen LogP contribution is -2.00. The van der Waals surface area contributed by atoms with Gasteiger partial charge in [0.1, 0.15) is 5.75 Å². The van der Waals surface area contributed by atoms with E-state index in [1.54, 1.807) is 19.5 Å². The summed E-state index contributed by atoms with van der Waals surface area (Å²) in [5.74, 6) is 0.805. The minimum absolute atomic E-state index is 0.627. The highest BCUT2D eigenvalue weighted by molar-refractivity contribution is 6.11. The summed E-state index contributed by atoms with van der Waals surface area (Å²) in [6.07, 6.45) is 3.50. The number of ether oxygens (including phenoxy) is 1. The standard InChI is InChI=1S/C26H19N3O/c1-17-14-22(18-10-12-28-13-11-18)19(16-27)15-24(17)29-23-8-4-3-6-20(23)21-7-5-9-25(30-2)26(21)29/h3-15H,1-2H3. The summed E-state index contributed by atoms with van der Waals surface area (Å²) in [6.45, 7) is 2.08. The molecule has 0 atom stereocenters. The zero-order chi connectivity index (χ0) is 20.7. The van der Waals surface area contributed by atoms with Crippen LogP contribution in [0.5, 0.6) is 5.75 Å². The highest BCUT2D eigenvalue weighted by Crippen LogP contribution is 2.39. The monoisotopic (exact) mass is 389 g/mol. The van der Waals surface area contributed by atoms with Crippen LogP contribution in [0.3, 0.4) is 0 Å². The maximum absolute atomic E-state index is 9.92. The second kappa shape index (κ2) is 7.06. The Morgan fingerprint density at radius 3 is 2.47 bits per heavy atom. The van der Waals surface area contributed by atoms with Crippen LogP contribution in [-0.2, 0) is 0 Å². The Hall–Kier alpha value is -4.10. The fourth-order valence-corrected chi connectivity index (χ4v) is 4.20. The Balaban J connectivity index is 1.88. The molecule has 144 valence electrons. The van der Waals surface area contributed by atoms with Crippen molar-refractivity contribution >= 4 is 21.8 Å². The molecule has 30 heavy (non-hydrogen) atoms. The molecule has 0 fully saturated rings. The molecule has 2 aromatic heterocycles. The van der Waals surface area contributed by atoms with E-state index in [4.69, 9.17) is 4.74 Å². The van der Waals surface area contributed by atoms with Crippen LogP contribution in [0.25, 0.3) is 38.6 Å². The summed E-state index contributed by atoms with van der Waals surface area (Å²) in [5, 5.41) is 12.2. The van der Waals surface area contributed by atoms with E-state index in [-0.39, 0.29) is 0 Å². The third kappa shape index (κ3) is 2.64. The van der Waals surface area contributed by atoms with Crippen LogP contribution < -0.4 is 4.74 Å². The highest BCUT2D eigenvalue weighted by atomic mass is 16.5. The molecule has 0 spiro atoms. The molecule has 0 unspecified atom stereocenters. The minimum atomic E-state index is 0.627. The van der Waals surface area contributed by atoms with Crippen molar-refractivity contribution in [3.63, 3.8) is 0 Å². The number of rotatable bonds is 3. The van der Waals surface area contributed by atoms with Crippen molar-refractivity contribution in [2.45, 2.75) is 6.92 Å². The molecule has 2 heterocycles. The fraction of sp³-hybridized carbons (Fsp3) is 0.0769. The van der Waals surface area contributed by atoms with Gasteiger partial charge < -0.3 is 9.30 Å². The minimum Gasteiger partial charge on any atom is -0.495 e. The van der Waals surface area contributed by atoms with Crippen LogP contribution in [0.1, 0.15) is 11.1 Å². The molecule has 5 rings (SSSR count). The molecule has 0 saturated carbocycles. The van der Waals surface area contributed by atoms with Gasteiger partial charge in [-0.2, -0.15) is 5.26 Å². The lowest BCUT2D eigenvalue weighted by atomic mass is 9.97. The molecule has 5 aromatic rings. The zero-order valence-corrected chi connectivity index (χ0v) is 16.8. The third-order valence-electron chi connectivity index (χ3n) is 5.57. The van der Waals surface area contributed by atoms with Crippen LogP contribution in [0.2, 0.25) is 0 Å². The summed E-state index contributed by atoms with van der Waals surface area (Å²) in [6, 6.07) is 24.7. The molecule has 4 nitrogen and oxygen atoms in total. The fourth-order valence-electron chi connectivity index (χ4n) is 4.20. The second-order valence-corrected chi connectivity index (χ2v) is 7.24. The summed E-state index contributed by atoms with van der Waals surface area (Å²) >= 11 is 0. The molecular weight excluding hydrogens is 370 g/mol. The van der Waals surface area contributed by atoms with Crippen molar-refractivity contribution in [2.75, 3.05) is 7.11 Å². The molecule has 0 N–H and O–H groups in total. The molecule has 0 aliphatic carbocycles. The summed E-state index contributed by atoms with van der Waals surface area (Å²) in [7, 11) is 1.69. The van der Waals surface area contributed by atoms with Gasteiger partial charge in [0.15, 0.2) is 0 Å². The van der Waals surface area contributed by atoms with Gasteiger partial charge in [0, 0.05) is 23.2 Å². The van der Waals surface area contributed by atoms with Crippen LogP contribution in [0.15, 0.2) is 79.1 Å². The van der Waals surface area contributed by atoms with Crippen molar-refractivity contribution in [1.29, 1.82) is 5.26 Å². The number of hydrogen-bond donors (Lipinski definition) is 0. The Labute approximate surface area is 174 Å². The van der Waals surface area contributed by atoms with Gasteiger partial charge in [-0.05, 0) is 60.0 Å². The number of nitrogens with zero attached hydrogens (tertiary/aromatic N) is 3. The molecule has 0 bridgehead atoms.